The largest absolute Gasteiger partial charge is 0.504 e. The first-order valence-electron chi connectivity index (χ1n) is 22.3. The highest BCUT2D eigenvalue weighted by Gasteiger charge is 2.48. The number of nitrogens with two attached hydrogens (primary N) is 1. The Bertz CT molecular complexity index is 1910. The quantitative estimate of drug-likeness (QED) is 0.107. The zero-order chi connectivity index (χ0) is 41.5. The number of dihydropyridines is 1. The Morgan fingerprint density at radius 3 is 2.75 bits per heavy atom. The number of nitrogens with one attached hydrogen (secondary N) is 3. The fourth-order valence-electron chi connectivity index (χ4n) is 11.0. The number of Topliss-reactive ketones (excluding diaryl/α,β-unsaturated/α-hetero) is 2. The van der Waals surface area contributed by atoms with Gasteiger partial charge in [-0.3, -0.25) is 9.59 Å². The smallest absolute Gasteiger partial charge is 0.160 e. The lowest BCUT2D eigenvalue weighted by Gasteiger charge is -2.44. The summed E-state index contributed by atoms with van der Waals surface area (Å²) in [6, 6.07) is 5.86. The van der Waals surface area contributed by atoms with Crippen LogP contribution in [-0.2, 0) is 22.4 Å². The number of ether oxygens (including phenoxy) is 1. The Labute approximate surface area is 349 Å². The topological polar surface area (TPSA) is 190 Å². The van der Waals surface area contributed by atoms with Crippen LogP contribution in [0.15, 0.2) is 53.6 Å². The van der Waals surface area contributed by atoms with Gasteiger partial charge in [0.15, 0.2) is 17.3 Å². The summed E-state index contributed by atoms with van der Waals surface area (Å²) in [7, 11) is 1.51. The lowest BCUT2D eigenvalue weighted by molar-refractivity contribution is -0.134. The van der Waals surface area contributed by atoms with E-state index in [0.29, 0.717) is 99.4 Å². The third-order valence-electron chi connectivity index (χ3n) is 14.5. The maximum Gasteiger partial charge on any atom is 0.160 e. The standard InChI is InChI=1S/C48H66N4O7/c1-59-44-23-35-7-11-45(57)48(15-12-30(21-46(48)58)19-33(3-2-18-53)38-22-36-6-10-40(55)25-42(36)51-28-38)16-13-32(41(35)26-43(44)56)4-8-39(54)9-5-34-24-47(49)52-29-37(34)20-31-14-17-50-27-31/h14,17,23-24,26-27,30,32-33,36,38-39,42,46,50-54,56,58H,2-12,15,18-22,25,28-29,49H2,1H3/t30-,32-,33-,36+,38+,39-,42+,46+,48+/m0/s1. The Kier molecular flexibility index (Phi) is 14.2. The number of carbonyl (C=O) groups excluding carboxylic acids is 2. The molecule has 1 spiro atoms. The van der Waals surface area contributed by atoms with E-state index in [9.17, 15) is 30.0 Å². The van der Waals surface area contributed by atoms with E-state index < -0.39 is 17.6 Å². The van der Waals surface area contributed by atoms with Gasteiger partial charge in [-0.1, -0.05) is 11.8 Å². The number of phenolic OH excluding ortho intramolecular Hbond substituents is 1. The van der Waals surface area contributed by atoms with E-state index in [1.165, 1.54) is 18.2 Å². The van der Waals surface area contributed by atoms with Gasteiger partial charge in [-0.15, -0.1) is 0 Å². The van der Waals surface area contributed by atoms with Gasteiger partial charge in [0, 0.05) is 56.8 Å². The molecule has 5 aliphatic rings. The number of aromatic hydroxyl groups is 1. The number of aliphatic hydroxyl groups is 3. The minimum absolute atomic E-state index is 0.00742. The number of aryl methyl sites for hydroxylation is 1. The van der Waals surface area contributed by atoms with E-state index in [2.05, 4.69) is 33.5 Å². The van der Waals surface area contributed by atoms with Crippen LogP contribution in [0.25, 0.3) is 0 Å². The van der Waals surface area contributed by atoms with E-state index in [1.807, 2.05) is 18.5 Å². The summed E-state index contributed by atoms with van der Waals surface area (Å²) >= 11 is 0. The molecule has 0 radical (unpaired) electrons. The lowest BCUT2D eigenvalue weighted by atomic mass is 9.63. The predicted octanol–water partition coefficient (Wildman–Crippen LogP) is 5.47. The molecule has 3 heterocycles. The van der Waals surface area contributed by atoms with E-state index >= 15 is 0 Å². The van der Waals surface area contributed by atoms with E-state index in [-0.39, 0.29) is 42.4 Å². The maximum absolute atomic E-state index is 14.3. The van der Waals surface area contributed by atoms with Crippen LogP contribution < -0.4 is 21.1 Å². The molecule has 3 aliphatic carbocycles. The molecule has 1 saturated heterocycles. The monoisotopic (exact) mass is 810 g/mol. The van der Waals surface area contributed by atoms with Gasteiger partial charge in [0.1, 0.15) is 11.2 Å². The second-order valence-electron chi connectivity index (χ2n) is 18.3. The van der Waals surface area contributed by atoms with Crippen LogP contribution in [0, 0.1) is 40.9 Å². The zero-order valence-electron chi connectivity index (χ0n) is 34.8. The summed E-state index contributed by atoms with van der Waals surface area (Å²) in [5.74, 6) is 9.37. The molecule has 0 amide bonds. The van der Waals surface area contributed by atoms with Crippen LogP contribution in [0.2, 0.25) is 0 Å². The van der Waals surface area contributed by atoms with Gasteiger partial charge >= 0.3 is 0 Å². The normalized spacial score (nSPS) is 29.5. The van der Waals surface area contributed by atoms with Crippen molar-refractivity contribution in [3.8, 4) is 23.3 Å². The summed E-state index contributed by atoms with van der Waals surface area (Å²) in [5.41, 5.74) is 10.3. The molecule has 3 fully saturated rings. The highest BCUT2D eigenvalue weighted by atomic mass is 16.5. The van der Waals surface area contributed by atoms with Crippen molar-refractivity contribution in [2.24, 2.45) is 34.8 Å². The number of rotatable bonds is 15. The van der Waals surface area contributed by atoms with Crippen LogP contribution in [0.1, 0.15) is 119 Å². The molecule has 320 valence electrons. The second-order valence-corrected chi connectivity index (χ2v) is 18.3. The third kappa shape index (κ3) is 10.3. The molecule has 9 N–H and O–H groups in total. The number of benzene rings is 1. The van der Waals surface area contributed by atoms with Gasteiger partial charge in [-0.05, 0) is 172 Å². The molecule has 7 rings (SSSR count). The number of allylic oxidation sites excluding steroid dienone is 2. The Hall–Kier alpha value is -4.08. The number of fused-ring (bicyclic) bond motifs is 2. The van der Waals surface area contributed by atoms with E-state index in [0.717, 1.165) is 68.2 Å². The molecular weight excluding hydrogens is 745 g/mol. The van der Waals surface area contributed by atoms with Gasteiger partial charge in [0.05, 0.1) is 25.1 Å². The highest BCUT2D eigenvalue weighted by molar-refractivity contribution is 5.89. The first-order valence-corrected chi connectivity index (χ1v) is 22.3. The van der Waals surface area contributed by atoms with Gasteiger partial charge < -0.3 is 46.5 Å². The van der Waals surface area contributed by atoms with Crippen LogP contribution in [0.4, 0.5) is 0 Å². The molecule has 0 bridgehead atoms. The number of aromatic amines is 1. The summed E-state index contributed by atoms with van der Waals surface area (Å²) in [4.78, 5) is 29.5. The SMILES string of the molecule is COc1cc2c(cc1O)[C@@H](CC[C@H](O)CCC1=C(Cc3cc[nH]c3)CNC(N)=C1)C#C[C@]1(CC[C@@H](C[C@H](CCCO)[C@H]3CN[C@@H]4CC(=O)CC[C@@H]4C3)C[C@H]1O)C(=O)CC2. The number of piperidine rings is 1. The van der Waals surface area contributed by atoms with Crippen molar-refractivity contribution >= 4 is 11.6 Å². The van der Waals surface area contributed by atoms with Gasteiger partial charge in [0.25, 0.3) is 0 Å². The van der Waals surface area contributed by atoms with Crippen molar-refractivity contribution in [1.29, 1.82) is 0 Å². The molecule has 2 saturated carbocycles. The van der Waals surface area contributed by atoms with E-state index in [4.69, 9.17) is 10.5 Å². The van der Waals surface area contributed by atoms with Crippen molar-refractivity contribution in [2.45, 2.75) is 133 Å². The fourth-order valence-corrected chi connectivity index (χ4v) is 11.0. The number of H-pyrrole nitrogens is 1. The molecule has 11 nitrogen and oxygen atoms in total. The Balaban J connectivity index is 1.05. The van der Waals surface area contributed by atoms with Crippen molar-refractivity contribution in [3.63, 3.8) is 0 Å². The predicted molar refractivity (Wildman–Crippen MR) is 227 cm³/mol. The summed E-state index contributed by atoms with van der Waals surface area (Å²) in [5, 5.41) is 51.1. The number of hydrogen-bond donors (Lipinski definition) is 8. The molecule has 11 heteroatoms. The van der Waals surface area contributed by atoms with E-state index in [1.54, 1.807) is 12.1 Å². The number of phenols is 1. The van der Waals surface area contributed by atoms with Gasteiger partial charge in [-0.25, -0.2) is 0 Å². The average Bonchev–Trinajstić information content (AvgIpc) is 3.76. The lowest BCUT2D eigenvalue weighted by Crippen LogP contribution is -2.50. The van der Waals surface area contributed by atoms with Crippen molar-refractivity contribution in [1.82, 2.24) is 15.6 Å². The van der Waals surface area contributed by atoms with Crippen molar-refractivity contribution < 1.29 is 34.8 Å². The summed E-state index contributed by atoms with van der Waals surface area (Å²) in [6.07, 6.45) is 15.8. The molecule has 0 unspecified atom stereocenters. The van der Waals surface area contributed by atoms with Gasteiger partial charge in [0.2, 0.25) is 0 Å². The van der Waals surface area contributed by atoms with Crippen molar-refractivity contribution in [3.05, 3.63) is 70.3 Å². The van der Waals surface area contributed by atoms with Crippen LogP contribution >= 0.6 is 0 Å². The van der Waals surface area contributed by atoms with Crippen LogP contribution in [0.3, 0.4) is 0 Å². The minimum Gasteiger partial charge on any atom is -0.504 e. The number of methoxy groups -OCH3 is 1. The highest BCUT2D eigenvalue weighted by Crippen LogP contribution is 2.47. The summed E-state index contributed by atoms with van der Waals surface area (Å²) < 4.78 is 5.48. The Morgan fingerprint density at radius 2 is 1.97 bits per heavy atom. The maximum atomic E-state index is 14.3. The Morgan fingerprint density at radius 1 is 1.10 bits per heavy atom. The molecule has 59 heavy (non-hydrogen) atoms. The molecule has 1 aromatic carbocycles. The zero-order valence-corrected chi connectivity index (χ0v) is 34.8. The second kappa shape index (κ2) is 19.5. The number of carbonyl (C=O) groups is 2. The number of ketones is 2. The van der Waals surface area contributed by atoms with Gasteiger partial charge in [-0.2, -0.15) is 0 Å². The van der Waals surface area contributed by atoms with Crippen molar-refractivity contribution in [2.75, 3.05) is 26.8 Å². The molecule has 9 atom stereocenters. The van der Waals surface area contributed by atoms with Crippen LogP contribution in [0.5, 0.6) is 11.5 Å². The first kappa shape index (κ1) is 43.0. The molecule has 1 aromatic heterocycles. The minimum atomic E-state index is -1.18. The molecule has 2 aliphatic heterocycles. The molecular formula is C48H66N4O7. The first-order chi connectivity index (χ1) is 28.5. The number of aliphatic hydroxyl groups excluding tert-OH is 3. The fraction of sp³-hybridized carbons (Fsp3) is 0.625. The number of hydrogen-bond acceptors (Lipinski definition) is 10. The molecule has 2 aromatic rings. The summed E-state index contributed by atoms with van der Waals surface area (Å²) in [6.45, 7) is 1.70. The number of aromatic nitrogens is 1. The third-order valence-corrected chi connectivity index (χ3v) is 14.5. The van der Waals surface area contributed by atoms with Crippen LogP contribution in [-0.4, -0.2) is 82.0 Å². The average molecular weight is 811 g/mol.